The molecule has 1 N–H and O–H groups in total. The fourth-order valence-electron chi connectivity index (χ4n) is 2.05. The highest BCUT2D eigenvalue weighted by atomic mass is 35.5. The Morgan fingerprint density at radius 3 is 2.79 bits per heavy atom. The maximum absolute atomic E-state index is 13.7. The van der Waals surface area contributed by atoms with Crippen LogP contribution in [0.1, 0.15) is 23.7 Å². The normalized spacial score (nSPS) is 10.9. The van der Waals surface area contributed by atoms with Gasteiger partial charge in [-0.2, -0.15) is 5.10 Å². The van der Waals surface area contributed by atoms with Crippen LogP contribution in [0.25, 0.3) is 0 Å². The van der Waals surface area contributed by atoms with Gasteiger partial charge >= 0.3 is 0 Å². The summed E-state index contributed by atoms with van der Waals surface area (Å²) in [6.07, 6.45) is 2.88. The Labute approximate surface area is 117 Å². The van der Waals surface area contributed by atoms with Gasteiger partial charge in [0.1, 0.15) is 5.82 Å². The topological polar surface area (TPSA) is 29.9 Å². The van der Waals surface area contributed by atoms with Crippen LogP contribution in [0.4, 0.5) is 4.39 Å². The van der Waals surface area contributed by atoms with Crippen LogP contribution in [0.5, 0.6) is 0 Å². The zero-order valence-corrected chi connectivity index (χ0v) is 11.8. The maximum Gasteiger partial charge on any atom is 0.146 e. The molecule has 0 aliphatic rings. The van der Waals surface area contributed by atoms with Crippen LogP contribution in [-0.2, 0) is 26.6 Å². The Balaban J connectivity index is 1.98. The summed E-state index contributed by atoms with van der Waals surface area (Å²) in [5.74, 6) is -0.349. The molecule has 0 spiro atoms. The van der Waals surface area contributed by atoms with Crippen LogP contribution in [0.2, 0.25) is 5.02 Å². The molecular formula is C14H17ClFN3. The van der Waals surface area contributed by atoms with E-state index >= 15 is 0 Å². The lowest BCUT2D eigenvalue weighted by Crippen LogP contribution is -2.14. The Hall–Kier alpha value is -1.39. The molecule has 0 amide bonds. The van der Waals surface area contributed by atoms with Gasteiger partial charge in [0, 0.05) is 37.5 Å². The quantitative estimate of drug-likeness (QED) is 0.913. The smallest absolute Gasteiger partial charge is 0.146 e. The van der Waals surface area contributed by atoms with E-state index in [9.17, 15) is 4.39 Å². The van der Waals surface area contributed by atoms with Gasteiger partial charge in [0.15, 0.2) is 0 Å². The lowest BCUT2D eigenvalue weighted by Gasteiger charge is -2.06. The van der Waals surface area contributed by atoms with Crippen molar-refractivity contribution in [3.63, 3.8) is 0 Å². The van der Waals surface area contributed by atoms with Crippen LogP contribution >= 0.6 is 11.6 Å². The van der Waals surface area contributed by atoms with Crippen molar-refractivity contribution in [2.24, 2.45) is 7.05 Å². The molecule has 102 valence electrons. The fraction of sp³-hybridized carbons (Fsp3) is 0.357. The highest BCUT2D eigenvalue weighted by Crippen LogP contribution is 2.17. The van der Waals surface area contributed by atoms with Gasteiger partial charge in [-0.3, -0.25) is 4.68 Å². The standard InChI is InChI=1S/C14H17ClFN3/c1-3-13-11(9-19(2)18-13)8-17-7-10-5-4-6-12(15)14(10)16/h4-6,9,17H,3,7-8H2,1-2H3. The number of rotatable bonds is 5. The van der Waals surface area contributed by atoms with Gasteiger partial charge in [-0.25, -0.2) is 4.39 Å². The molecule has 0 aliphatic heterocycles. The van der Waals surface area contributed by atoms with E-state index in [1.165, 1.54) is 0 Å². The molecule has 5 heteroatoms. The second kappa shape index (κ2) is 6.17. The Bertz CT molecular complexity index is 566. The minimum atomic E-state index is -0.349. The van der Waals surface area contributed by atoms with Crippen LogP contribution < -0.4 is 5.32 Å². The lowest BCUT2D eigenvalue weighted by molar-refractivity contribution is 0.587. The summed E-state index contributed by atoms with van der Waals surface area (Å²) in [7, 11) is 1.90. The number of hydrogen-bond donors (Lipinski definition) is 1. The SMILES string of the molecule is CCc1nn(C)cc1CNCc1cccc(Cl)c1F. The Kier molecular flexibility index (Phi) is 4.56. The van der Waals surface area contributed by atoms with Crippen molar-refractivity contribution in [3.05, 3.63) is 52.1 Å². The van der Waals surface area contributed by atoms with Gasteiger partial charge in [-0.15, -0.1) is 0 Å². The number of aromatic nitrogens is 2. The number of benzene rings is 1. The van der Waals surface area contributed by atoms with Gasteiger partial charge < -0.3 is 5.32 Å². The highest BCUT2D eigenvalue weighted by Gasteiger charge is 2.08. The molecule has 0 aliphatic carbocycles. The molecule has 1 heterocycles. The molecule has 0 fully saturated rings. The lowest BCUT2D eigenvalue weighted by atomic mass is 10.2. The van der Waals surface area contributed by atoms with Crippen LogP contribution in [0.15, 0.2) is 24.4 Å². The van der Waals surface area contributed by atoms with Crippen molar-refractivity contribution >= 4 is 11.6 Å². The molecule has 3 nitrogen and oxygen atoms in total. The molecule has 0 radical (unpaired) electrons. The predicted octanol–water partition coefficient (Wildman–Crippen LogP) is 3.06. The van der Waals surface area contributed by atoms with Crippen molar-refractivity contribution in [2.45, 2.75) is 26.4 Å². The minimum Gasteiger partial charge on any atom is -0.308 e. The van der Waals surface area contributed by atoms with Gasteiger partial charge in [-0.05, 0) is 12.5 Å². The second-order valence-corrected chi connectivity index (χ2v) is 4.85. The first kappa shape index (κ1) is 14.0. The Morgan fingerprint density at radius 1 is 1.32 bits per heavy atom. The average Bonchev–Trinajstić information content (AvgIpc) is 2.75. The minimum absolute atomic E-state index is 0.162. The zero-order chi connectivity index (χ0) is 13.8. The molecule has 0 unspecified atom stereocenters. The number of hydrogen-bond acceptors (Lipinski definition) is 2. The van der Waals surface area contributed by atoms with Gasteiger partial charge in [0.25, 0.3) is 0 Å². The summed E-state index contributed by atoms with van der Waals surface area (Å²) >= 11 is 5.74. The number of aryl methyl sites for hydroxylation is 2. The number of halogens is 2. The monoisotopic (exact) mass is 281 g/mol. The van der Waals surface area contributed by atoms with Gasteiger partial charge in [0.2, 0.25) is 0 Å². The van der Waals surface area contributed by atoms with Gasteiger partial charge in [0.05, 0.1) is 10.7 Å². The summed E-state index contributed by atoms with van der Waals surface area (Å²) in [5, 5.41) is 7.75. The summed E-state index contributed by atoms with van der Waals surface area (Å²) in [6, 6.07) is 5.04. The summed E-state index contributed by atoms with van der Waals surface area (Å²) < 4.78 is 15.5. The molecule has 1 aromatic carbocycles. The number of nitrogens with one attached hydrogen (secondary N) is 1. The first-order chi connectivity index (χ1) is 9.11. The van der Waals surface area contributed by atoms with Gasteiger partial charge in [-0.1, -0.05) is 30.7 Å². The largest absolute Gasteiger partial charge is 0.308 e. The summed E-state index contributed by atoms with van der Waals surface area (Å²) in [6.45, 7) is 3.19. The van der Waals surface area contributed by atoms with E-state index < -0.39 is 0 Å². The van der Waals surface area contributed by atoms with Crippen molar-refractivity contribution in [1.82, 2.24) is 15.1 Å². The molecule has 0 bridgehead atoms. The van der Waals surface area contributed by atoms with Crippen molar-refractivity contribution in [1.29, 1.82) is 0 Å². The third kappa shape index (κ3) is 3.33. The third-order valence-corrected chi connectivity index (χ3v) is 3.28. The summed E-state index contributed by atoms with van der Waals surface area (Å²) in [5.41, 5.74) is 2.79. The average molecular weight is 282 g/mol. The first-order valence-electron chi connectivity index (χ1n) is 6.26. The van der Waals surface area contributed by atoms with E-state index in [2.05, 4.69) is 17.3 Å². The second-order valence-electron chi connectivity index (χ2n) is 4.44. The van der Waals surface area contributed by atoms with Crippen LogP contribution in [0.3, 0.4) is 0 Å². The molecule has 0 saturated heterocycles. The molecular weight excluding hydrogens is 265 g/mol. The zero-order valence-electron chi connectivity index (χ0n) is 11.1. The molecule has 1 aromatic heterocycles. The fourth-order valence-corrected chi connectivity index (χ4v) is 2.24. The van der Waals surface area contributed by atoms with E-state index in [0.29, 0.717) is 18.7 Å². The molecule has 0 saturated carbocycles. The molecule has 2 rings (SSSR count). The van der Waals surface area contributed by atoms with Crippen molar-refractivity contribution < 1.29 is 4.39 Å². The van der Waals surface area contributed by atoms with E-state index in [1.807, 2.05) is 13.2 Å². The van der Waals surface area contributed by atoms with E-state index in [1.54, 1.807) is 22.9 Å². The molecule has 0 atom stereocenters. The first-order valence-corrected chi connectivity index (χ1v) is 6.64. The third-order valence-electron chi connectivity index (χ3n) is 2.99. The van der Waals surface area contributed by atoms with E-state index in [0.717, 1.165) is 17.7 Å². The predicted molar refractivity (Wildman–Crippen MR) is 74.5 cm³/mol. The Morgan fingerprint density at radius 2 is 2.05 bits per heavy atom. The van der Waals surface area contributed by atoms with E-state index in [4.69, 9.17) is 11.6 Å². The molecule has 2 aromatic rings. The van der Waals surface area contributed by atoms with Crippen molar-refractivity contribution in [2.75, 3.05) is 0 Å². The highest BCUT2D eigenvalue weighted by molar-refractivity contribution is 6.30. The van der Waals surface area contributed by atoms with E-state index in [-0.39, 0.29) is 10.8 Å². The molecule has 19 heavy (non-hydrogen) atoms. The number of nitrogens with zero attached hydrogens (tertiary/aromatic N) is 2. The van der Waals surface area contributed by atoms with Crippen LogP contribution in [-0.4, -0.2) is 9.78 Å². The van der Waals surface area contributed by atoms with Crippen molar-refractivity contribution in [3.8, 4) is 0 Å². The van der Waals surface area contributed by atoms with Crippen LogP contribution in [0, 0.1) is 5.82 Å². The summed E-state index contributed by atoms with van der Waals surface area (Å²) in [4.78, 5) is 0. The maximum atomic E-state index is 13.7.